The van der Waals surface area contributed by atoms with Crippen LogP contribution in [0.4, 0.5) is 68.2 Å². The Morgan fingerprint density at radius 3 is 0.591 bits per heavy atom. The number of hydrogen-bond donors (Lipinski definition) is 0. The highest BCUT2D eigenvalue weighted by molar-refractivity contribution is 7.00. The summed E-state index contributed by atoms with van der Waals surface area (Å²) in [6.45, 7) is 0.222. The van der Waals surface area contributed by atoms with E-state index >= 15 is 0 Å². The minimum atomic E-state index is -0.0272. The van der Waals surface area contributed by atoms with Crippen molar-refractivity contribution in [2.24, 2.45) is 0 Å². The maximum Gasteiger partial charge on any atom is 0.260 e. The number of rotatable bonds is 13. The highest BCUT2D eigenvalue weighted by atomic mass is 16.5. The van der Waals surface area contributed by atoms with Crippen molar-refractivity contribution in [3.63, 3.8) is 0 Å². The number of aromatic nitrogens is 1. The zero-order valence-corrected chi connectivity index (χ0v) is 80.5. The van der Waals surface area contributed by atoms with Gasteiger partial charge in [0, 0.05) is 138 Å². The van der Waals surface area contributed by atoms with Gasteiger partial charge in [-0.1, -0.05) is 303 Å². The summed E-state index contributed by atoms with van der Waals surface area (Å²) in [7, 11) is 0. The van der Waals surface area contributed by atoms with Crippen molar-refractivity contribution in [1.29, 1.82) is 0 Å². The number of benzene rings is 22. The summed E-state index contributed by atoms with van der Waals surface area (Å²) in [4.78, 5) is 9.02. The first-order chi connectivity index (χ1) is 73.9. The Labute approximate surface area is 864 Å². The number of hydrogen-bond acceptors (Lipinski definition) is 12. The lowest BCUT2D eigenvalue weighted by atomic mass is 9.35. The molecule has 0 atom stereocenters. The third-order valence-corrected chi connectivity index (χ3v) is 29.2. The number of nitrogens with zero attached hydrogens (tertiary/aromatic N) is 5. The SMILES string of the molecule is c1ccc(N(c2ccccc2)c2cc3c4c(c2)Oc2ccccc2B4c2ccccc2O3)cc1.c1ccc(N(c2ccccc2)c2ccc3c(c2)Oc2cccc4c2B3c2ccc(N(c3ccccc3)c3ccccc3)cc2O4)cc1.c1ccc(N(c2ccccc2)c2ccc3c(c2)Oc2cccc4c2B3c2ccccc2O4)cc1.c1ccc2c(c1)Oc1cc(-n3c4ccccc4c4ccccc43)cc3c1B2c1ccccc1O3. The molecule has 9 heterocycles. The minimum Gasteiger partial charge on any atom is -0.458 e. The predicted molar refractivity (Wildman–Crippen MR) is 610 cm³/mol. The van der Waals surface area contributed by atoms with Crippen LogP contribution in [0.1, 0.15) is 0 Å². The maximum atomic E-state index is 6.66. The lowest BCUT2D eigenvalue weighted by molar-refractivity contribution is 0.463. The Bertz CT molecular complexity index is 8600. The van der Waals surface area contributed by atoms with Crippen LogP contribution >= 0.6 is 0 Å². The molecular weight excluding hydrogens is 1830 g/mol. The van der Waals surface area contributed by atoms with Crippen LogP contribution in [0.3, 0.4) is 0 Å². The van der Waals surface area contributed by atoms with E-state index in [4.69, 9.17) is 37.9 Å². The van der Waals surface area contributed by atoms with E-state index in [1.165, 1.54) is 49.1 Å². The van der Waals surface area contributed by atoms with E-state index in [9.17, 15) is 0 Å². The number of fused-ring (bicyclic) bond motifs is 19. The van der Waals surface area contributed by atoms with Crippen LogP contribution in [0.5, 0.6) is 92.0 Å². The molecule has 700 valence electrons. The highest BCUT2D eigenvalue weighted by Gasteiger charge is 2.46. The number of para-hydroxylation sites is 15. The van der Waals surface area contributed by atoms with Crippen molar-refractivity contribution in [1.82, 2.24) is 4.57 Å². The summed E-state index contributed by atoms with van der Waals surface area (Å²) >= 11 is 0. The quantitative estimate of drug-likeness (QED) is 0.103. The van der Waals surface area contributed by atoms with Gasteiger partial charge in [-0.2, -0.15) is 0 Å². The molecule has 0 N–H and O–H groups in total. The molecule has 0 saturated heterocycles. The summed E-state index contributed by atoms with van der Waals surface area (Å²) in [5.41, 5.74) is 29.8. The molecular formula is C132H87B4N5O8. The average Bonchev–Trinajstić information content (AvgIpc) is 1.66. The first kappa shape index (κ1) is 87.3. The van der Waals surface area contributed by atoms with Gasteiger partial charge in [0.25, 0.3) is 26.9 Å². The molecule has 0 unspecified atom stereocenters. The summed E-state index contributed by atoms with van der Waals surface area (Å²) in [6, 6.07) is 183. The Hall–Kier alpha value is -19.5. The third-order valence-electron chi connectivity index (χ3n) is 29.2. The van der Waals surface area contributed by atoms with Crippen molar-refractivity contribution in [2.75, 3.05) is 19.6 Å². The molecule has 1 aromatic heterocycles. The van der Waals surface area contributed by atoms with Gasteiger partial charge in [-0.15, -0.1) is 0 Å². The molecule has 8 aliphatic heterocycles. The zero-order chi connectivity index (χ0) is 98.4. The Morgan fingerprint density at radius 1 is 0.134 bits per heavy atom. The first-order valence-electron chi connectivity index (χ1n) is 50.4. The van der Waals surface area contributed by atoms with Crippen LogP contribution in [-0.4, -0.2) is 31.4 Å². The Kier molecular flexibility index (Phi) is 21.7. The van der Waals surface area contributed by atoms with Crippen molar-refractivity contribution in [2.45, 2.75) is 0 Å². The van der Waals surface area contributed by atoms with E-state index in [0.717, 1.165) is 204 Å². The largest absolute Gasteiger partial charge is 0.458 e. The summed E-state index contributed by atoms with van der Waals surface area (Å²) < 4.78 is 54.4. The molecule has 23 aromatic rings. The second kappa shape index (κ2) is 37.0. The van der Waals surface area contributed by atoms with Gasteiger partial charge in [-0.25, -0.2) is 0 Å². The molecule has 0 spiro atoms. The topological polar surface area (TPSA) is 91.7 Å². The van der Waals surface area contributed by atoms with Crippen molar-refractivity contribution < 1.29 is 37.9 Å². The summed E-state index contributed by atoms with van der Waals surface area (Å²) in [5, 5.41) is 2.47. The summed E-state index contributed by atoms with van der Waals surface area (Å²) in [6.07, 6.45) is 0. The van der Waals surface area contributed by atoms with Crippen LogP contribution in [0.25, 0.3) is 27.5 Å². The van der Waals surface area contributed by atoms with Gasteiger partial charge in [0.15, 0.2) is 0 Å². The molecule has 13 nitrogen and oxygen atoms in total. The standard InChI is InChI=1S/C42H29BN2O2.C30H18BNO2.2C30H20BNO2/c1-5-14-30(15-6-1)44(31-16-7-2-8-17-31)34-24-26-36-40(28-34)46-38-22-13-23-39-42(38)43(36)37-27-25-35(29-41(37)47-39)45(32-18-9-3-10-19-32)33-20-11-4-12-21-33;1-5-13-24-20(9-1)21-10-2-6-14-25(21)32(24)19-17-28-30-29(18-19)34-27-16-8-4-12-23(27)31(30)22-11-3-7-15-26(22)33-28;1-3-11-21(12-4-1)32(22-13-5-2-6-14-22)23-19-28-30-29(20-23)34-27-18-10-8-16-25(27)31(30)24-15-7-9-17-26(24)33-28;1-3-10-21(11-4-1)32(22-12-5-2-6-13-22)23-18-19-25-29(20-23)34-28-17-9-16-27-30(28)31(25)24-14-7-8-15-26(24)33-27/h1-29H;1-18H;2*1-20H. The van der Waals surface area contributed by atoms with Crippen LogP contribution in [0.15, 0.2) is 528 Å². The molecule has 0 bridgehead atoms. The zero-order valence-electron chi connectivity index (χ0n) is 80.5. The Morgan fingerprint density at radius 2 is 0.322 bits per heavy atom. The predicted octanol–water partition coefficient (Wildman–Crippen LogP) is 26.6. The molecule has 0 saturated carbocycles. The molecule has 8 aliphatic rings. The highest BCUT2D eigenvalue weighted by Crippen LogP contribution is 2.49. The van der Waals surface area contributed by atoms with E-state index in [2.05, 4.69) is 431 Å². The first-order valence-corrected chi connectivity index (χ1v) is 50.4. The molecule has 17 heteroatoms. The molecule has 22 aromatic carbocycles. The number of ether oxygens (including phenoxy) is 8. The van der Waals surface area contributed by atoms with Gasteiger partial charge >= 0.3 is 0 Å². The molecule has 0 fully saturated rings. The monoisotopic (exact) mass is 1910 g/mol. The lowest BCUT2D eigenvalue weighted by Crippen LogP contribution is -2.57. The fourth-order valence-electron chi connectivity index (χ4n) is 22.8. The van der Waals surface area contributed by atoms with Crippen LogP contribution in [0.2, 0.25) is 0 Å². The molecule has 0 radical (unpaired) electrons. The van der Waals surface area contributed by atoms with E-state index in [1.807, 2.05) is 121 Å². The fourth-order valence-corrected chi connectivity index (χ4v) is 22.8. The Balaban J connectivity index is 0.0000000966. The lowest BCUT2D eigenvalue weighted by Gasteiger charge is -2.34. The van der Waals surface area contributed by atoms with Crippen LogP contribution in [0, 0.1) is 0 Å². The smallest absolute Gasteiger partial charge is 0.260 e. The van der Waals surface area contributed by atoms with Gasteiger partial charge in [0.2, 0.25) is 0 Å². The third kappa shape index (κ3) is 15.5. The van der Waals surface area contributed by atoms with Crippen molar-refractivity contribution in [3.8, 4) is 97.7 Å². The molecule has 31 rings (SSSR count). The number of anilines is 12. The molecule has 149 heavy (non-hydrogen) atoms. The van der Waals surface area contributed by atoms with E-state index in [1.54, 1.807) is 0 Å². The minimum absolute atomic E-state index is 0.0272. The molecule has 0 amide bonds. The average molecular weight is 1910 g/mol. The van der Waals surface area contributed by atoms with Gasteiger partial charge in [0.1, 0.15) is 92.0 Å². The van der Waals surface area contributed by atoms with Gasteiger partial charge in [0.05, 0.1) is 22.4 Å². The maximum absolute atomic E-state index is 6.66. The normalized spacial score (nSPS) is 12.5. The van der Waals surface area contributed by atoms with Crippen LogP contribution in [-0.2, 0) is 0 Å². The van der Waals surface area contributed by atoms with E-state index in [-0.39, 0.29) is 26.9 Å². The second-order valence-corrected chi connectivity index (χ2v) is 37.8. The van der Waals surface area contributed by atoms with E-state index < -0.39 is 0 Å². The van der Waals surface area contributed by atoms with E-state index in [0.29, 0.717) is 0 Å². The van der Waals surface area contributed by atoms with Gasteiger partial charge in [-0.3, -0.25) is 0 Å². The van der Waals surface area contributed by atoms with Gasteiger partial charge in [-0.05, 0) is 226 Å². The van der Waals surface area contributed by atoms with Gasteiger partial charge < -0.3 is 62.1 Å². The molecule has 0 aliphatic carbocycles. The second-order valence-electron chi connectivity index (χ2n) is 37.8. The van der Waals surface area contributed by atoms with Crippen molar-refractivity contribution >= 4 is 182 Å². The van der Waals surface area contributed by atoms with Crippen LogP contribution < -0.4 is 123 Å². The fraction of sp³-hybridized carbons (Fsp3) is 0. The van der Waals surface area contributed by atoms with Crippen molar-refractivity contribution in [3.05, 3.63) is 528 Å². The summed E-state index contributed by atoms with van der Waals surface area (Å²) in [5.74, 6) is 13.8.